The maximum Gasteiger partial charge on any atom is 0.138 e. The van der Waals surface area contributed by atoms with E-state index in [0.29, 0.717) is 6.54 Å². The molecule has 0 atom stereocenters. The summed E-state index contributed by atoms with van der Waals surface area (Å²) in [5.74, 6) is 0.889. The Morgan fingerprint density at radius 3 is 2.67 bits per heavy atom. The lowest BCUT2D eigenvalue weighted by atomic mass is 10.3. The maximum absolute atomic E-state index is 5.50. The van der Waals surface area contributed by atoms with Crippen molar-refractivity contribution in [1.29, 1.82) is 0 Å². The Kier molecular flexibility index (Phi) is 3.13. The summed E-state index contributed by atoms with van der Waals surface area (Å²) in [7, 11) is 0. The number of halogens is 1. The van der Waals surface area contributed by atoms with Crippen LogP contribution in [0.25, 0.3) is 5.69 Å². The lowest BCUT2D eigenvalue weighted by Gasteiger charge is -2.05. The van der Waals surface area contributed by atoms with E-state index in [-0.39, 0.29) is 0 Å². The molecule has 0 radical (unpaired) electrons. The molecular weight excluding hydrogens is 256 g/mol. The average molecular weight is 267 g/mol. The highest BCUT2D eigenvalue weighted by Crippen LogP contribution is 2.14. The molecule has 15 heavy (non-hydrogen) atoms. The first-order valence-corrected chi connectivity index (χ1v) is 5.45. The first-order chi connectivity index (χ1) is 7.31. The summed E-state index contributed by atoms with van der Waals surface area (Å²) in [4.78, 5) is 0. The van der Waals surface area contributed by atoms with Gasteiger partial charge in [-0.2, -0.15) is 0 Å². The summed E-state index contributed by atoms with van der Waals surface area (Å²) in [5.41, 5.74) is 6.55. The van der Waals surface area contributed by atoms with Crippen molar-refractivity contribution in [3.63, 3.8) is 0 Å². The van der Waals surface area contributed by atoms with E-state index in [2.05, 4.69) is 26.1 Å². The van der Waals surface area contributed by atoms with Gasteiger partial charge in [-0.15, -0.1) is 10.2 Å². The Morgan fingerprint density at radius 1 is 1.27 bits per heavy atom. The third kappa shape index (κ3) is 2.24. The van der Waals surface area contributed by atoms with E-state index in [0.717, 1.165) is 22.4 Å². The van der Waals surface area contributed by atoms with E-state index in [4.69, 9.17) is 5.73 Å². The zero-order valence-corrected chi connectivity index (χ0v) is 9.68. The maximum atomic E-state index is 5.50. The summed E-state index contributed by atoms with van der Waals surface area (Å²) in [5, 5.41) is 7.91. The lowest BCUT2D eigenvalue weighted by Crippen LogP contribution is -2.08. The van der Waals surface area contributed by atoms with E-state index in [1.807, 2.05) is 28.8 Å². The quantitative estimate of drug-likeness (QED) is 0.917. The van der Waals surface area contributed by atoms with Crippen molar-refractivity contribution < 1.29 is 0 Å². The molecule has 0 bridgehead atoms. The average Bonchev–Trinajstić information content (AvgIpc) is 2.68. The van der Waals surface area contributed by atoms with Crippen molar-refractivity contribution >= 4 is 15.9 Å². The molecular formula is C10H11BrN4. The second-order valence-electron chi connectivity index (χ2n) is 3.13. The van der Waals surface area contributed by atoms with Crippen LogP contribution >= 0.6 is 15.9 Å². The molecule has 1 aromatic carbocycles. The summed E-state index contributed by atoms with van der Waals surface area (Å²) < 4.78 is 3.00. The summed E-state index contributed by atoms with van der Waals surface area (Å²) in [6.45, 7) is 0.579. The Morgan fingerprint density at radius 2 is 2.00 bits per heavy atom. The molecule has 0 unspecified atom stereocenters. The minimum atomic E-state index is 0.579. The van der Waals surface area contributed by atoms with Crippen molar-refractivity contribution in [2.24, 2.45) is 5.73 Å². The fourth-order valence-electron chi connectivity index (χ4n) is 1.38. The molecule has 2 N–H and O–H groups in total. The first-order valence-electron chi connectivity index (χ1n) is 4.66. The number of rotatable bonds is 3. The van der Waals surface area contributed by atoms with E-state index >= 15 is 0 Å². The van der Waals surface area contributed by atoms with Crippen LogP contribution in [-0.2, 0) is 6.42 Å². The standard InChI is InChI=1S/C10H11BrN4/c11-8-1-3-9(4-2-8)15-7-13-14-10(15)5-6-12/h1-4,7H,5-6,12H2. The van der Waals surface area contributed by atoms with Crippen LogP contribution in [0.1, 0.15) is 5.82 Å². The summed E-state index contributed by atoms with van der Waals surface area (Å²) in [6.07, 6.45) is 2.43. The van der Waals surface area contributed by atoms with Crippen molar-refractivity contribution in [2.45, 2.75) is 6.42 Å². The van der Waals surface area contributed by atoms with E-state index < -0.39 is 0 Å². The third-order valence-electron chi connectivity index (χ3n) is 2.09. The molecule has 0 aliphatic carbocycles. The molecule has 4 nitrogen and oxygen atoms in total. The van der Waals surface area contributed by atoms with Gasteiger partial charge in [0, 0.05) is 16.6 Å². The molecule has 0 amide bonds. The zero-order valence-electron chi connectivity index (χ0n) is 8.10. The van der Waals surface area contributed by atoms with Gasteiger partial charge in [-0.25, -0.2) is 0 Å². The number of aromatic nitrogens is 3. The molecule has 2 aromatic rings. The van der Waals surface area contributed by atoms with Crippen molar-refractivity contribution in [2.75, 3.05) is 6.54 Å². The van der Waals surface area contributed by atoms with Crippen molar-refractivity contribution in [1.82, 2.24) is 14.8 Å². The number of nitrogens with two attached hydrogens (primary N) is 1. The smallest absolute Gasteiger partial charge is 0.138 e. The third-order valence-corrected chi connectivity index (χ3v) is 2.62. The van der Waals surface area contributed by atoms with Gasteiger partial charge in [0.05, 0.1) is 0 Å². The Balaban J connectivity index is 2.36. The topological polar surface area (TPSA) is 56.7 Å². The fraction of sp³-hybridized carbons (Fsp3) is 0.200. The van der Waals surface area contributed by atoms with Crippen LogP contribution in [-0.4, -0.2) is 21.3 Å². The Hall–Kier alpha value is -1.20. The molecule has 0 aliphatic heterocycles. The first kappa shape index (κ1) is 10.3. The highest BCUT2D eigenvalue weighted by molar-refractivity contribution is 9.10. The van der Waals surface area contributed by atoms with E-state index in [9.17, 15) is 0 Å². The van der Waals surface area contributed by atoms with Gasteiger partial charge >= 0.3 is 0 Å². The van der Waals surface area contributed by atoms with Crippen LogP contribution in [0, 0.1) is 0 Å². The fourth-order valence-corrected chi connectivity index (χ4v) is 1.64. The predicted molar refractivity (Wildman–Crippen MR) is 61.8 cm³/mol. The highest BCUT2D eigenvalue weighted by atomic mass is 79.9. The number of nitrogens with zero attached hydrogens (tertiary/aromatic N) is 3. The van der Waals surface area contributed by atoms with Crippen LogP contribution in [0.4, 0.5) is 0 Å². The molecule has 5 heteroatoms. The molecule has 0 spiro atoms. The van der Waals surface area contributed by atoms with Crippen LogP contribution < -0.4 is 5.73 Å². The van der Waals surface area contributed by atoms with E-state index in [1.54, 1.807) is 6.33 Å². The Labute approximate surface area is 96.3 Å². The van der Waals surface area contributed by atoms with Gasteiger partial charge in [0.2, 0.25) is 0 Å². The summed E-state index contributed by atoms with van der Waals surface area (Å²) in [6, 6.07) is 7.99. The number of hydrogen-bond acceptors (Lipinski definition) is 3. The van der Waals surface area contributed by atoms with Gasteiger partial charge in [0.15, 0.2) is 0 Å². The minimum Gasteiger partial charge on any atom is -0.330 e. The van der Waals surface area contributed by atoms with Crippen molar-refractivity contribution in [3.05, 3.63) is 40.9 Å². The summed E-state index contributed by atoms with van der Waals surface area (Å²) >= 11 is 3.40. The van der Waals surface area contributed by atoms with Gasteiger partial charge in [-0.05, 0) is 30.8 Å². The molecule has 78 valence electrons. The number of hydrogen-bond donors (Lipinski definition) is 1. The van der Waals surface area contributed by atoms with Crippen LogP contribution in [0.3, 0.4) is 0 Å². The second-order valence-corrected chi connectivity index (χ2v) is 4.05. The largest absolute Gasteiger partial charge is 0.330 e. The van der Waals surface area contributed by atoms with Crippen LogP contribution in [0.2, 0.25) is 0 Å². The second kappa shape index (κ2) is 4.55. The molecule has 1 heterocycles. The normalized spacial score (nSPS) is 10.5. The minimum absolute atomic E-state index is 0.579. The number of benzene rings is 1. The van der Waals surface area contributed by atoms with Crippen LogP contribution in [0.15, 0.2) is 35.1 Å². The van der Waals surface area contributed by atoms with Crippen molar-refractivity contribution in [3.8, 4) is 5.69 Å². The van der Waals surface area contributed by atoms with Gasteiger partial charge in [0.25, 0.3) is 0 Å². The molecule has 0 fully saturated rings. The SMILES string of the molecule is NCCc1nncn1-c1ccc(Br)cc1. The predicted octanol–water partition coefficient (Wildman–Crippen LogP) is 1.53. The van der Waals surface area contributed by atoms with E-state index in [1.165, 1.54) is 0 Å². The Bertz CT molecular complexity index is 435. The van der Waals surface area contributed by atoms with Gasteiger partial charge < -0.3 is 5.73 Å². The molecule has 0 saturated heterocycles. The lowest BCUT2D eigenvalue weighted by molar-refractivity contribution is 0.830. The molecule has 0 saturated carbocycles. The molecule has 1 aromatic heterocycles. The van der Waals surface area contributed by atoms with Gasteiger partial charge in [0.1, 0.15) is 12.2 Å². The molecule has 2 rings (SSSR count). The zero-order chi connectivity index (χ0) is 10.7. The molecule has 0 aliphatic rings. The highest BCUT2D eigenvalue weighted by Gasteiger charge is 2.04. The van der Waals surface area contributed by atoms with Gasteiger partial charge in [-0.1, -0.05) is 15.9 Å². The van der Waals surface area contributed by atoms with Crippen LogP contribution in [0.5, 0.6) is 0 Å². The van der Waals surface area contributed by atoms with Gasteiger partial charge in [-0.3, -0.25) is 4.57 Å². The monoisotopic (exact) mass is 266 g/mol.